The second-order valence-corrected chi connectivity index (χ2v) is 4.28. The predicted molar refractivity (Wildman–Crippen MR) is 51.1 cm³/mol. The van der Waals surface area contributed by atoms with Crippen molar-refractivity contribution in [3.8, 4) is 0 Å². The van der Waals surface area contributed by atoms with Crippen molar-refractivity contribution < 1.29 is 9.52 Å². The first-order valence-corrected chi connectivity index (χ1v) is 4.61. The van der Waals surface area contributed by atoms with Gasteiger partial charge in [0, 0.05) is 5.56 Å². The molecule has 0 radical (unpaired) electrons. The lowest BCUT2D eigenvalue weighted by Crippen LogP contribution is -2.15. The summed E-state index contributed by atoms with van der Waals surface area (Å²) in [4.78, 5) is 0. The van der Waals surface area contributed by atoms with Crippen LogP contribution in [-0.2, 0) is 5.60 Å². The third-order valence-corrected chi connectivity index (χ3v) is 2.94. The minimum atomic E-state index is -0.902. The van der Waals surface area contributed by atoms with Crippen LogP contribution in [0.5, 0.6) is 0 Å². The molecular weight excluding hydrogens is 220 g/mol. The zero-order valence-electron chi connectivity index (χ0n) is 7.73. The van der Waals surface area contributed by atoms with E-state index in [1.165, 1.54) is 0 Å². The van der Waals surface area contributed by atoms with Crippen molar-refractivity contribution in [1.82, 2.24) is 0 Å². The number of rotatable bonds is 1. The summed E-state index contributed by atoms with van der Waals surface area (Å²) in [6.45, 7) is 7.22. The Labute approximate surface area is 80.7 Å². The molecule has 0 fully saturated rings. The number of aryl methyl sites for hydroxylation is 1. The van der Waals surface area contributed by atoms with Crippen LogP contribution in [0.4, 0.5) is 0 Å². The number of furan rings is 1. The quantitative estimate of drug-likeness (QED) is 0.808. The van der Waals surface area contributed by atoms with Crippen LogP contribution in [0, 0.1) is 13.8 Å². The summed E-state index contributed by atoms with van der Waals surface area (Å²) >= 11 is 3.39. The molecule has 1 N–H and O–H groups in total. The van der Waals surface area contributed by atoms with Gasteiger partial charge in [0.25, 0.3) is 0 Å². The highest BCUT2D eigenvalue weighted by Crippen LogP contribution is 2.33. The molecule has 1 aromatic heterocycles. The average Bonchev–Trinajstić information content (AvgIpc) is 2.15. The van der Waals surface area contributed by atoms with Crippen LogP contribution >= 0.6 is 15.9 Å². The van der Waals surface area contributed by atoms with Crippen molar-refractivity contribution in [2.75, 3.05) is 0 Å². The molecule has 0 saturated carbocycles. The molecule has 68 valence electrons. The second-order valence-electron chi connectivity index (χ2n) is 3.49. The molecule has 2 nitrogen and oxygen atoms in total. The van der Waals surface area contributed by atoms with Gasteiger partial charge >= 0.3 is 0 Å². The lowest BCUT2D eigenvalue weighted by atomic mass is 10.0. The van der Waals surface area contributed by atoms with Crippen molar-refractivity contribution in [3.05, 3.63) is 21.6 Å². The maximum absolute atomic E-state index is 9.69. The van der Waals surface area contributed by atoms with Gasteiger partial charge in [0.2, 0.25) is 0 Å². The number of halogens is 1. The minimum absolute atomic E-state index is 0.631. The molecular formula is C9H13BrO2. The number of aliphatic hydroxyl groups is 1. The zero-order valence-corrected chi connectivity index (χ0v) is 9.32. The molecule has 1 rings (SSSR count). The fourth-order valence-electron chi connectivity index (χ4n) is 1.22. The topological polar surface area (TPSA) is 33.4 Å². The summed E-state index contributed by atoms with van der Waals surface area (Å²) < 4.78 is 6.36. The summed E-state index contributed by atoms with van der Waals surface area (Å²) in [6.07, 6.45) is 0. The molecule has 1 heterocycles. The largest absolute Gasteiger partial charge is 0.462 e. The van der Waals surface area contributed by atoms with E-state index in [4.69, 9.17) is 4.42 Å². The SMILES string of the molecule is Cc1oc(C(C)(C)O)c(C)c1Br. The van der Waals surface area contributed by atoms with E-state index in [9.17, 15) is 5.11 Å². The molecule has 0 unspecified atom stereocenters. The molecule has 0 saturated heterocycles. The maximum Gasteiger partial charge on any atom is 0.139 e. The van der Waals surface area contributed by atoms with E-state index in [0.29, 0.717) is 5.76 Å². The van der Waals surface area contributed by atoms with E-state index in [1.807, 2.05) is 13.8 Å². The van der Waals surface area contributed by atoms with Crippen LogP contribution in [0.15, 0.2) is 8.89 Å². The van der Waals surface area contributed by atoms with Crippen LogP contribution in [-0.4, -0.2) is 5.11 Å². The first kappa shape index (κ1) is 9.81. The highest BCUT2D eigenvalue weighted by Gasteiger charge is 2.25. The van der Waals surface area contributed by atoms with Crippen LogP contribution < -0.4 is 0 Å². The zero-order chi connectivity index (χ0) is 9.52. The standard InChI is InChI=1S/C9H13BrO2/c1-5-7(10)6(2)12-8(5)9(3,4)11/h11H,1-4H3. The van der Waals surface area contributed by atoms with Crippen LogP contribution in [0.2, 0.25) is 0 Å². The van der Waals surface area contributed by atoms with Gasteiger partial charge in [-0.2, -0.15) is 0 Å². The molecule has 0 atom stereocenters. The molecule has 0 aliphatic carbocycles. The molecule has 12 heavy (non-hydrogen) atoms. The number of hydrogen-bond acceptors (Lipinski definition) is 2. The van der Waals surface area contributed by atoms with Gasteiger partial charge in [0.05, 0.1) is 4.47 Å². The van der Waals surface area contributed by atoms with E-state index in [0.717, 1.165) is 15.8 Å². The third kappa shape index (κ3) is 1.57. The summed E-state index contributed by atoms with van der Waals surface area (Å²) in [5.41, 5.74) is 0.0703. The third-order valence-electron chi connectivity index (χ3n) is 1.79. The fourth-order valence-corrected chi connectivity index (χ4v) is 1.48. The molecule has 0 amide bonds. The van der Waals surface area contributed by atoms with Gasteiger partial charge < -0.3 is 9.52 Å². The van der Waals surface area contributed by atoms with E-state index >= 15 is 0 Å². The molecule has 1 aromatic rings. The Balaban J connectivity index is 3.28. The highest BCUT2D eigenvalue weighted by molar-refractivity contribution is 9.10. The van der Waals surface area contributed by atoms with Crippen LogP contribution in [0.1, 0.15) is 30.9 Å². The summed E-state index contributed by atoms with van der Waals surface area (Å²) in [7, 11) is 0. The first-order chi connectivity index (χ1) is 5.34. The van der Waals surface area contributed by atoms with Gasteiger partial charge in [-0.15, -0.1) is 0 Å². The molecule has 0 spiro atoms. The van der Waals surface area contributed by atoms with E-state index in [2.05, 4.69) is 15.9 Å². The van der Waals surface area contributed by atoms with Gasteiger partial charge in [0.1, 0.15) is 17.1 Å². The Hall–Kier alpha value is -0.280. The highest BCUT2D eigenvalue weighted by atomic mass is 79.9. The van der Waals surface area contributed by atoms with Crippen molar-refractivity contribution >= 4 is 15.9 Å². The van der Waals surface area contributed by atoms with Gasteiger partial charge in [-0.05, 0) is 43.6 Å². The fraction of sp³-hybridized carbons (Fsp3) is 0.556. The van der Waals surface area contributed by atoms with Crippen molar-refractivity contribution in [1.29, 1.82) is 0 Å². The van der Waals surface area contributed by atoms with Crippen LogP contribution in [0.3, 0.4) is 0 Å². The van der Waals surface area contributed by atoms with Gasteiger partial charge in [-0.1, -0.05) is 0 Å². The Kier molecular flexibility index (Phi) is 2.36. The molecule has 0 bridgehead atoms. The second kappa shape index (κ2) is 2.89. The van der Waals surface area contributed by atoms with Crippen LogP contribution in [0.25, 0.3) is 0 Å². The Morgan fingerprint density at radius 1 is 1.33 bits per heavy atom. The average molecular weight is 233 g/mol. The van der Waals surface area contributed by atoms with Gasteiger partial charge in [-0.3, -0.25) is 0 Å². The van der Waals surface area contributed by atoms with Crippen molar-refractivity contribution in [2.45, 2.75) is 33.3 Å². The smallest absolute Gasteiger partial charge is 0.139 e. The van der Waals surface area contributed by atoms with E-state index in [-0.39, 0.29) is 0 Å². The summed E-state index contributed by atoms with van der Waals surface area (Å²) in [5, 5.41) is 9.69. The minimum Gasteiger partial charge on any atom is -0.462 e. The molecule has 3 heteroatoms. The number of hydrogen-bond donors (Lipinski definition) is 1. The van der Waals surface area contributed by atoms with Gasteiger partial charge in [0.15, 0.2) is 0 Å². The van der Waals surface area contributed by atoms with Crippen molar-refractivity contribution in [2.24, 2.45) is 0 Å². The Bertz CT molecular complexity index is 294. The first-order valence-electron chi connectivity index (χ1n) is 3.82. The molecule has 0 aromatic carbocycles. The Morgan fingerprint density at radius 2 is 1.83 bits per heavy atom. The maximum atomic E-state index is 9.69. The summed E-state index contributed by atoms with van der Waals surface area (Å²) in [6, 6.07) is 0. The lowest BCUT2D eigenvalue weighted by molar-refractivity contribution is 0.0524. The summed E-state index contributed by atoms with van der Waals surface area (Å²) in [5.74, 6) is 1.44. The van der Waals surface area contributed by atoms with Gasteiger partial charge in [-0.25, -0.2) is 0 Å². The predicted octanol–water partition coefficient (Wildman–Crippen LogP) is 2.89. The normalized spacial score (nSPS) is 12.2. The Morgan fingerprint density at radius 3 is 2.00 bits per heavy atom. The molecule has 0 aliphatic rings. The lowest BCUT2D eigenvalue weighted by Gasteiger charge is -2.14. The van der Waals surface area contributed by atoms with E-state index in [1.54, 1.807) is 13.8 Å². The molecule has 0 aliphatic heterocycles. The van der Waals surface area contributed by atoms with Crippen molar-refractivity contribution in [3.63, 3.8) is 0 Å². The monoisotopic (exact) mass is 232 g/mol. The van der Waals surface area contributed by atoms with E-state index < -0.39 is 5.60 Å².